The van der Waals surface area contributed by atoms with Crippen molar-refractivity contribution in [2.45, 2.75) is 50.9 Å². The molecular formula is C19H22O5S. The highest BCUT2D eigenvalue weighted by molar-refractivity contribution is 7.86. The van der Waals surface area contributed by atoms with Crippen LogP contribution >= 0.6 is 0 Å². The zero-order chi connectivity index (χ0) is 18.2. The number of hydrogen-bond donors (Lipinski definition) is 0. The van der Waals surface area contributed by atoms with E-state index in [1.54, 1.807) is 31.2 Å². The van der Waals surface area contributed by atoms with Gasteiger partial charge in [0, 0.05) is 13.8 Å². The average Bonchev–Trinajstić information content (AvgIpc) is 2.80. The molecule has 0 saturated carbocycles. The van der Waals surface area contributed by atoms with Crippen molar-refractivity contribution in [3.05, 3.63) is 53.6 Å². The molecule has 0 amide bonds. The molecule has 0 radical (unpaired) electrons. The fourth-order valence-corrected chi connectivity index (χ4v) is 3.82. The van der Waals surface area contributed by atoms with E-state index in [-0.39, 0.29) is 4.90 Å². The molecular weight excluding hydrogens is 340 g/mol. The van der Waals surface area contributed by atoms with Gasteiger partial charge in [0.1, 0.15) is 0 Å². The van der Waals surface area contributed by atoms with Crippen molar-refractivity contribution >= 4 is 10.1 Å². The number of hydrogen-bond acceptors (Lipinski definition) is 5. The normalized spacial score (nSPS) is 16.6. The Morgan fingerprint density at radius 1 is 1.04 bits per heavy atom. The topological polar surface area (TPSA) is 61.8 Å². The van der Waals surface area contributed by atoms with Crippen molar-refractivity contribution in [2.24, 2.45) is 0 Å². The summed E-state index contributed by atoms with van der Waals surface area (Å²) in [6, 6.07) is 12.2. The van der Waals surface area contributed by atoms with Crippen molar-refractivity contribution in [3.63, 3.8) is 0 Å². The van der Waals surface area contributed by atoms with Crippen LogP contribution in [-0.2, 0) is 20.7 Å². The summed E-state index contributed by atoms with van der Waals surface area (Å²) in [5.41, 5.74) is 1.92. The fraction of sp³-hybridized carbons (Fsp3) is 0.368. The second-order valence-corrected chi connectivity index (χ2v) is 8.34. The van der Waals surface area contributed by atoms with E-state index in [9.17, 15) is 8.42 Å². The molecule has 0 saturated heterocycles. The molecule has 0 aliphatic carbocycles. The van der Waals surface area contributed by atoms with Crippen molar-refractivity contribution in [1.29, 1.82) is 0 Å². The maximum absolute atomic E-state index is 12.3. The maximum Gasteiger partial charge on any atom is 0.297 e. The average molecular weight is 362 g/mol. The first-order valence-corrected chi connectivity index (χ1v) is 9.56. The summed E-state index contributed by atoms with van der Waals surface area (Å²) in [4.78, 5) is 0.164. The van der Waals surface area contributed by atoms with Crippen LogP contribution < -0.4 is 9.47 Å². The molecule has 1 heterocycles. The van der Waals surface area contributed by atoms with Crippen LogP contribution in [0.4, 0.5) is 0 Å². The minimum absolute atomic E-state index is 0.164. The predicted molar refractivity (Wildman–Crippen MR) is 94.4 cm³/mol. The van der Waals surface area contributed by atoms with Crippen molar-refractivity contribution in [3.8, 4) is 11.5 Å². The molecule has 134 valence electrons. The van der Waals surface area contributed by atoms with E-state index in [1.807, 2.05) is 39.0 Å². The molecule has 1 atom stereocenters. The lowest BCUT2D eigenvalue weighted by atomic mass is 10.1. The molecule has 0 bridgehead atoms. The summed E-state index contributed by atoms with van der Waals surface area (Å²) in [5.74, 6) is 0.670. The summed E-state index contributed by atoms with van der Waals surface area (Å²) in [5, 5.41) is 0. The molecule has 0 N–H and O–H groups in total. The minimum Gasteiger partial charge on any atom is -0.449 e. The lowest BCUT2D eigenvalue weighted by Crippen LogP contribution is -2.29. The summed E-state index contributed by atoms with van der Waals surface area (Å²) in [7, 11) is -3.78. The third-order valence-electron chi connectivity index (χ3n) is 3.84. The number of benzene rings is 2. The van der Waals surface area contributed by atoms with Crippen LogP contribution in [0.5, 0.6) is 11.5 Å². The van der Waals surface area contributed by atoms with E-state index < -0.39 is 22.0 Å². The number of aryl methyl sites for hydroxylation is 1. The Morgan fingerprint density at radius 3 is 2.36 bits per heavy atom. The lowest BCUT2D eigenvalue weighted by Gasteiger charge is -2.16. The van der Waals surface area contributed by atoms with Gasteiger partial charge in [-0.15, -0.1) is 0 Å². The molecule has 6 heteroatoms. The first-order valence-electron chi connectivity index (χ1n) is 8.15. The van der Waals surface area contributed by atoms with Gasteiger partial charge in [-0.3, -0.25) is 4.18 Å². The first kappa shape index (κ1) is 17.8. The van der Waals surface area contributed by atoms with Gasteiger partial charge in [0.15, 0.2) is 11.5 Å². The van der Waals surface area contributed by atoms with E-state index >= 15 is 0 Å². The molecule has 2 aromatic carbocycles. The van der Waals surface area contributed by atoms with Gasteiger partial charge in [-0.25, -0.2) is 0 Å². The number of fused-ring (bicyclic) bond motifs is 1. The lowest BCUT2D eigenvalue weighted by molar-refractivity contribution is -0.0431. The van der Waals surface area contributed by atoms with Gasteiger partial charge < -0.3 is 9.47 Å². The quantitative estimate of drug-likeness (QED) is 0.756. The molecule has 2 aromatic rings. The predicted octanol–water partition coefficient (Wildman–Crippen LogP) is 3.84. The van der Waals surface area contributed by atoms with Crippen LogP contribution in [0.3, 0.4) is 0 Å². The SMILES string of the molecule is Cc1ccc(S(=O)(=O)O[C@@H](C)Cc2ccc3c(c2)OC(C)(C)O3)cc1. The van der Waals surface area contributed by atoms with Crippen LogP contribution in [0.25, 0.3) is 0 Å². The summed E-state index contributed by atoms with van der Waals surface area (Å²) in [6.07, 6.45) is -0.0537. The van der Waals surface area contributed by atoms with Gasteiger partial charge >= 0.3 is 0 Å². The van der Waals surface area contributed by atoms with Crippen molar-refractivity contribution in [1.82, 2.24) is 0 Å². The van der Waals surface area contributed by atoms with E-state index in [1.165, 1.54) is 0 Å². The Bertz CT molecular complexity index is 869. The minimum atomic E-state index is -3.78. The fourth-order valence-electron chi connectivity index (χ4n) is 2.74. The Morgan fingerprint density at radius 2 is 1.68 bits per heavy atom. The largest absolute Gasteiger partial charge is 0.449 e. The molecule has 25 heavy (non-hydrogen) atoms. The highest BCUT2D eigenvalue weighted by Gasteiger charge is 2.31. The zero-order valence-electron chi connectivity index (χ0n) is 14.8. The Labute approximate surface area is 148 Å². The van der Waals surface area contributed by atoms with Gasteiger partial charge in [-0.1, -0.05) is 23.8 Å². The maximum atomic E-state index is 12.3. The zero-order valence-corrected chi connectivity index (χ0v) is 15.6. The van der Waals surface area contributed by atoms with Gasteiger partial charge in [0.25, 0.3) is 10.1 Å². The molecule has 1 aliphatic rings. The Balaban J connectivity index is 1.69. The molecule has 1 aliphatic heterocycles. The molecule has 0 unspecified atom stereocenters. The Kier molecular flexibility index (Phi) is 4.51. The highest BCUT2D eigenvalue weighted by Crippen LogP contribution is 2.39. The van der Waals surface area contributed by atoms with Crippen LogP contribution in [0.15, 0.2) is 47.4 Å². The van der Waals surface area contributed by atoms with Crippen molar-refractivity contribution in [2.75, 3.05) is 0 Å². The Hall–Kier alpha value is -2.05. The van der Waals surface area contributed by atoms with E-state index in [0.29, 0.717) is 17.9 Å². The summed E-state index contributed by atoms with van der Waals surface area (Å²) < 4.78 is 41.4. The van der Waals surface area contributed by atoms with Crippen LogP contribution in [0, 0.1) is 6.92 Å². The van der Waals surface area contributed by atoms with Crippen LogP contribution in [-0.4, -0.2) is 20.3 Å². The third-order valence-corrected chi connectivity index (χ3v) is 5.27. The third kappa shape index (κ3) is 4.14. The number of ether oxygens (including phenoxy) is 2. The van der Waals surface area contributed by atoms with E-state index in [2.05, 4.69) is 0 Å². The standard InChI is InChI=1S/C19H22O5S/c1-13-5-8-16(9-6-13)25(20,21)24-14(2)11-15-7-10-17-18(12-15)23-19(3,4)22-17/h5-10,12,14H,11H2,1-4H3/t14-/m0/s1. The van der Waals surface area contributed by atoms with Gasteiger partial charge in [-0.2, -0.15) is 8.42 Å². The molecule has 0 spiro atoms. The van der Waals surface area contributed by atoms with Crippen molar-refractivity contribution < 1.29 is 22.1 Å². The van der Waals surface area contributed by atoms with Crippen LogP contribution in [0.2, 0.25) is 0 Å². The monoisotopic (exact) mass is 362 g/mol. The molecule has 0 aromatic heterocycles. The number of rotatable bonds is 5. The highest BCUT2D eigenvalue weighted by atomic mass is 32.2. The second-order valence-electron chi connectivity index (χ2n) is 6.76. The van der Waals surface area contributed by atoms with Crippen LogP contribution in [0.1, 0.15) is 31.9 Å². The second kappa shape index (κ2) is 6.35. The van der Waals surface area contributed by atoms with E-state index in [4.69, 9.17) is 13.7 Å². The smallest absolute Gasteiger partial charge is 0.297 e. The summed E-state index contributed by atoms with van der Waals surface area (Å²) >= 11 is 0. The van der Waals surface area contributed by atoms with Gasteiger partial charge in [0.2, 0.25) is 5.79 Å². The summed E-state index contributed by atoms with van der Waals surface area (Å²) in [6.45, 7) is 7.32. The van der Waals surface area contributed by atoms with E-state index in [0.717, 1.165) is 11.1 Å². The molecule has 5 nitrogen and oxygen atoms in total. The van der Waals surface area contributed by atoms with Gasteiger partial charge in [0.05, 0.1) is 11.0 Å². The first-order chi connectivity index (χ1) is 11.6. The molecule has 0 fully saturated rings. The molecule has 3 rings (SSSR count). The van der Waals surface area contributed by atoms with Gasteiger partial charge in [-0.05, 0) is 50.1 Å².